The number of hydrogen-bond donors (Lipinski definition) is 0. The fraction of sp³-hybridized carbons (Fsp3) is 0.615. The molecule has 0 saturated heterocycles. The molecule has 0 unspecified atom stereocenters. The van der Waals surface area contributed by atoms with Gasteiger partial charge in [0.25, 0.3) is 0 Å². The van der Waals surface area contributed by atoms with Gasteiger partial charge in [-0.25, -0.2) is 12.1 Å². The van der Waals surface area contributed by atoms with Gasteiger partial charge >= 0.3 is 26.2 Å². The summed E-state index contributed by atoms with van der Waals surface area (Å²) >= 11 is 0. The third-order valence-corrected chi connectivity index (χ3v) is 6.19. The smallest absolute Gasteiger partial charge is 0.207 e. The molecule has 0 nitrogen and oxygen atoms in total. The van der Waals surface area contributed by atoms with Crippen molar-refractivity contribution in [3.05, 3.63) is 57.6 Å². The van der Waals surface area contributed by atoms with Crippen molar-refractivity contribution >= 4 is 0 Å². The number of hydrogen-bond acceptors (Lipinski definition) is 0. The van der Waals surface area contributed by atoms with Crippen molar-refractivity contribution in [3.63, 3.8) is 0 Å². The van der Waals surface area contributed by atoms with Gasteiger partial charge in [-0.05, 0) is 0 Å². The Labute approximate surface area is 187 Å². The number of rotatable bonds is 6. The molecule has 1 heteroatoms. The van der Waals surface area contributed by atoms with Crippen LogP contribution in [0.2, 0.25) is 0 Å². The molecule has 0 aliphatic heterocycles. The quantitative estimate of drug-likeness (QED) is 0.414. The van der Waals surface area contributed by atoms with Crippen LogP contribution in [0.25, 0.3) is 0 Å². The third-order valence-electron chi connectivity index (χ3n) is 6.19. The van der Waals surface area contributed by atoms with Crippen molar-refractivity contribution in [2.45, 2.75) is 104 Å². The Hall–Kier alpha value is -0.417. The van der Waals surface area contributed by atoms with Crippen LogP contribution in [-0.4, -0.2) is 0 Å². The van der Waals surface area contributed by atoms with Crippen LogP contribution in [0, 0.1) is 0 Å². The molecule has 2 aromatic rings. The van der Waals surface area contributed by atoms with Crippen LogP contribution >= 0.6 is 0 Å². The zero-order valence-corrected chi connectivity index (χ0v) is 20.2. The van der Waals surface area contributed by atoms with E-state index in [0.717, 1.165) is 0 Å². The number of unbranched alkanes of at least 4 members (excludes halogenated alkanes) is 2. The van der Waals surface area contributed by atoms with Gasteiger partial charge < -0.3 is 0 Å². The summed E-state index contributed by atoms with van der Waals surface area (Å²) in [5.74, 6) is 0. The van der Waals surface area contributed by atoms with Gasteiger partial charge in [-0.3, -0.25) is 0 Å². The largest absolute Gasteiger partial charge is 2.00 e. The molecule has 0 saturated carbocycles. The van der Waals surface area contributed by atoms with E-state index in [-0.39, 0.29) is 26.2 Å². The van der Waals surface area contributed by atoms with Crippen LogP contribution in [0.4, 0.5) is 0 Å². The first-order valence-corrected chi connectivity index (χ1v) is 11.3. The summed E-state index contributed by atoms with van der Waals surface area (Å²) in [6, 6.07) is 9.79. The first-order valence-electron chi connectivity index (χ1n) is 11.3. The van der Waals surface area contributed by atoms with Crippen molar-refractivity contribution in [1.82, 2.24) is 0 Å². The molecule has 146 valence electrons. The fourth-order valence-electron chi connectivity index (χ4n) is 4.59. The molecule has 0 spiro atoms. The number of aryl methyl sites for hydroxylation is 6. The van der Waals surface area contributed by atoms with Gasteiger partial charge in [0.1, 0.15) is 0 Å². The van der Waals surface area contributed by atoms with E-state index in [1.165, 1.54) is 89.9 Å². The van der Waals surface area contributed by atoms with Gasteiger partial charge in [0.05, 0.1) is 0 Å². The van der Waals surface area contributed by atoms with Gasteiger partial charge in [0.15, 0.2) is 0 Å². The van der Waals surface area contributed by atoms with E-state index in [2.05, 4.69) is 38.1 Å². The van der Waals surface area contributed by atoms with Crippen molar-refractivity contribution in [2.24, 2.45) is 0 Å². The maximum Gasteiger partial charge on any atom is 2.00 e. The first-order chi connectivity index (χ1) is 12.8. The van der Waals surface area contributed by atoms with E-state index in [1.807, 2.05) is 0 Å². The van der Waals surface area contributed by atoms with E-state index >= 15 is 0 Å². The van der Waals surface area contributed by atoms with Crippen molar-refractivity contribution in [3.8, 4) is 0 Å². The van der Waals surface area contributed by atoms with Gasteiger partial charge in [0.2, 0.25) is 0 Å². The zero-order valence-electron chi connectivity index (χ0n) is 17.7. The second kappa shape index (κ2) is 12.2. The molecule has 0 aromatic heterocycles. The SMILES string of the molecule is CCCCc1cc2c([cH-]1)CCCC2.CCCCc1cc2c([cH-]1)CCCC2.[Zr+2]. The van der Waals surface area contributed by atoms with Crippen LogP contribution in [-0.2, 0) is 64.7 Å². The summed E-state index contributed by atoms with van der Waals surface area (Å²) < 4.78 is 0. The fourth-order valence-corrected chi connectivity index (χ4v) is 4.59. The summed E-state index contributed by atoms with van der Waals surface area (Å²) in [5.41, 5.74) is 9.78. The van der Waals surface area contributed by atoms with Crippen LogP contribution in [0.1, 0.15) is 98.6 Å². The molecule has 0 heterocycles. The maximum atomic E-state index is 2.45. The van der Waals surface area contributed by atoms with E-state index in [4.69, 9.17) is 0 Å². The molecule has 4 rings (SSSR count). The normalized spacial score (nSPS) is 15.2. The van der Waals surface area contributed by atoms with Gasteiger partial charge in [0, 0.05) is 0 Å². The second-order valence-corrected chi connectivity index (χ2v) is 8.45. The predicted octanol–water partition coefficient (Wildman–Crippen LogP) is 7.25. The van der Waals surface area contributed by atoms with E-state index < -0.39 is 0 Å². The molecule has 2 aliphatic rings. The van der Waals surface area contributed by atoms with Gasteiger partial charge in [-0.2, -0.15) is 45.5 Å². The van der Waals surface area contributed by atoms with E-state index in [1.54, 1.807) is 33.4 Å². The van der Waals surface area contributed by atoms with Crippen LogP contribution < -0.4 is 0 Å². The predicted molar refractivity (Wildman–Crippen MR) is 115 cm³/mol. The van der Waals surface area contributed by atoms with Crippen LogP contribution in [0.15, 0.2) is 24.3 Å². The van der Waals surface area contributed by atoms with Crippen molar-refractivity contribution in [1.29, 1.82) is 0 Å². The Morgan fingerprint density at radius 3 is 1.44 bits per heavy atom. The molecule has 0 bridgehead atoms. The van der Waals surface area contributed by atoms with E-state index in [0.29, 0.717) is 0 Å². The summed E-state index contributed by atoms with van der Waals surface area (Å²) in [4.78, 5) is 0. The zero-order chi connectivity index (χ0) is 18.2. The Kier molecular flexibility index (Phi) is 10.3. The number of fused-ring (bicyclic) bond motifs is 2. The Morgan fingerprint density at radius 2 is 1.07 bits per heavy atom. The van der Waals surface area contributed by atoms with Gasteiger partial charge in [-0.1, -0.05) is 104 Å². The monoisotopic (exact) mass is 440 g/mol. The van der Waals surface area contributed by atoms with Crippen molar-refractivity contribution < 1.29 is 26.2 Å². The standard InChI is InChI=1S/2C13H19.Zr/c2*1-2-3-6-11-9-12-7-4-5-8-13(12)10-11;/h2*9-10H,2-8H2,1H3;/q2*-1;+2. The third kappa shape index (κ3) is 6.85. The van der Waals surface area contributed by atoms with Crippen molar-refractivity contribution in [2.75, 3.05) is 0 Å². The molecule has 0 atom stereocenters. The minimum atomic E-state index is 0. The molecule has 2 aromatic carbocycles. The summed E-state index contributed by atoms with van der Waals surface area (Å²) in [7, 11) is 0. The van der Waals surface area contributed by atoms with E-state index in [9.17, 15) is 0 Å². The Bertz CT molecular complexity index is 553. The summed E-state index contributed by atoms with van der Waals surface area (Å²) in [5, 5.41) is 0. The molecule has 0 fully saturated rings. The summed E-state index contributed by atoms with van der Waals surface area (Å²) in [6.07, 6.45) is 18.9. The molecule has 0 radical (unpaired) electrons. The molecule has 0 amide bonds. The van der Waals surface area contributed by atoms with Crippen LogP contribution in [0.3, 0.4) is 0 Å². The second-order valence-electron chi connectivity index (χ2n) is 8.45. The Morgan fingerprint density at radius 1 is 0.667 bits per heavy atom. The topological polar surface area (TPSA) is 0 Å². The molecule has 0 N–H and O–H groups in total. The molecule has 27 heavy (non-hydrogen) atoms. The first kappa shape index (κ1) is 22.9. The minimum absolute atomic E-state index is 0. The maximum absolute atomic E-state index is 2.45. The summed E-state index contributed by atoms with van der Waals surface area (Å²) in [6.45, 7) is 4.53. The molecular formula is C26H38Zr. The van der Waals surface area contributed by atoms with Crippen LogP contribution in [0.5, 0.6) is 0 Å². The minimum Gasteiger partial charge on any atom is -0.207 e. The average Bonchev–Trinajstić information content (AvgIpc) is 3.28. The Balaban J connectivity index is 0.000000187. The molecular weight excluding hydrogens is 404 g/mol. The van der Waals surface area contributed by atoms with Gasteiger partial charge in [-0.15, -0.1) is 0 Å². The molecule has 2 aliphatic carbocycles. The average molecular weight is 442 g/mol.